The molecular formula is C28H27NO6. The monoisotopic (exact) mass is 473 g/mol. The SMILES string of the molecule is COc1ccc(C(C)(C)C)cc1/C(O)=C1\C(=O)C(=O)N(c2ccccc2O)C1c1ccc(O)cc1. The molecule has 7 heteroatoms. The maximum atomic E-state index is 13.4. The second kappa shape index (κ2) is 8.83. The minimum atomic E-state index is -1.05. The lowest BCUT2D eigenvalue weighted by molar-refractivity contribution is -0.132. The number of aromatic hydroxyl groups is 2. The fourth-order valence-corrected chi connectivity index (χ4v) is 4.23. The number of amides is 1. The summed E-state index contributed by atoms with van der Waals surface area (Å²) in [5.74, 6) is -2.02. The summed E-state index contributed by atoms with van der Waals surface area (Å²) in [6.07, 6.45) is 0. The van der Waals surface area contributed by atoms with E-state index >= 15 is 0 Å². The van der Waals surface area contributed by atoms with Crippen molar-refractivity contribution in [2.24, 2.45) is 0 Å². The van der Waals surface area contributed by atoms with E-state index in [1.54, 1.807) is 36.4 Å². The molecule has 0 aliphatic carbocycles. The van der Waals surface area contributed by atoms with Gasteiger partial charge in [-0.3, -0.25) is 14.5 Å². The highest BCUT2D eigenvalue weighted by Crippen LogP contribution is 2.46. The fourth-order valence-electron chi connectivity index (χ4n) is 4.23. The van der Waals surface area contributed by atoms with Crippen LogP contribution in [0, 0.1) is 0 Å². The first-order valence-corrected chi connectivity index (χ1v) is 11.1. The Kier molecular flexibility index (Phi) is 6.03. The number of para-hydroxylation sites is 2. The van der Waals surface area contributed by atoms with Crippen molar-refractivity contribution in [3.63, 3.8) is 0 Å². The zero-order valence-corrected chi connectivity index (χ0v) is 19.9. The average molecular weight is 474 g/mol. The van der Waals surface area contributed by atoms with E-state index in [4.69, 9.17) is 4.74 Å². The molecule has 3 aromatic rings. The maximum Gasteiger partial charge on any atom is 0.300 e. The van der Waals surface area contributed by atoms with Gasteiger partial charge in [-0.05, 0) is 52.9 Å². The molecule has 0 saturated carbocycles. The molecule has 0 spiro atoms. The van der Waals surface area contributed by atoms with Gasteiger partial charge in [0.15, 0.2) is 0 Å². The third-order valence-electron chi connectivity index (χ3n) is 6.12. The van der Waals surface area contributed by atoms with E-state index in [1.807, 2.05) is 26.8 Å². The Bertz CT molecular complexity index is 1330. The molecule has 1 unspecified atom stereocenters. The normalized spacial score (nSPS) is 17.6. The van der Waals surface area contributed by atoms with Gasteiger partial charge in [0.05, 0.1) is 30.0 Å². The number of hydrogen-bond acceptors (Lipinski definition) is 6. The van der Waals surface area contributed by atoms with Crippen LogP contribution in [-0.4, -0.2) is 34.1 Å². The van der Waals surface area contributed by atoms with Crippen molar-refractivity contribution < 1.29 is 29.6 Å². The Morgan fingerprint density at radius 3 is 2.20 bits per heavy atom. The number of Topliss-reactive ketones (excluding diaryl/α,β-unsaturated/α-hetero) is 1. The van der Waals surface area contributed by atoms with Gasteiger partial charge in [0.25, 0.3) is 11.7 Å². The summed E-state index contributed by atoms with van der Waals surface area (Å²) < 4.78 is 5.47. The third kappa shape index (κ3) is 4.21. The molecule has 1 saturated heterocycles. The minimum Gasteiger partial charge on any atom is -0.508 e. The summed E-state index contributed by atoms with van der Waals surface area (Å²) in [5, 5.41) is 31.8. The first kappa shape index (κ1) is 23.9. The van der Waals surface area contributed by atoms with Crippen molar-refractivity contribution in [2.45, 2.75) is 32.2 Å². The molecule has 1 atom stereocenters. The molecular weight excluding hydrogens is 446 g/mol. The quantitative estimate of drug-likeness (QED) is 0.279. The molecule has 0 radical (unpaired) electrons. The van der Waals surface area contributed by atoms with Gasteiger partial charge in [0, 0.05) is 0 Å². The Morgan fingerprint density at radius 2 is 1.60 bits per heavy atom. The number of ketones is 1. The van der Waals surface area contributed by atoms with E-state index in [0.717, 1.165) is 10.5 Å². The molecule has 1 fully saturated rings. The van der Waals surface area contributed by atoms with Crippen LogP contribution in [0.1, 0.15) is 43.5 Å². The van der Waals surface area contributed by atoms with Gasteiger partial charge in [-0.15, -0.1) is 0 Å². The zero-order valence-electron chi connectivity index (χ0n) is 19.9. The molecule has 4 rings (SSSR count). The van der Waals surface area contributed by atoms with Crippen molar-refractivity contribution in [3.05, 3.63) is 89.0 Å². The number of methoxy groups -OCH3 is 1. The number of carbonyl (C=O) groups excluding carboxylic acids is 2. The number of ether oxygens (including phenoxy) is 1. The summed E-state index contributed by atoms with van der Waals surface area (Å²) in [4.78, 5) is 27.8. The molecule has 7 nitrogen and oxygen atoms in total. The number of nitrogens with zero attached hydrogens (tertiary/aromatic N) is 1. The average Bonchev–Trinajstić information content (AvgIpc) is 3.08. The molecule has 1 aliphatic rings. The molecule has 180 valence electrons. The van der Waals surface area contributed by atoms with Crippen LogP contribution in [0.15, 0.2) is 72.3 Å². The van der Waals surface area contributed by atoms with Crippen LogP contribution >= 0.6 is 0 Å². The molecule has 35 heavy (non-hydrogen) atoms. The summed E-state index contributed by atoms with van der Waals surface area (Å²) in [5.41, 5.74) is 1.38. The van der Waals surface area contributed by atoms with Crippen LogP contribution in [0.3, 0.4) is 0 Å². The van der Waals surface area contributed by atoms with Crippen LogP contribution in [0.25, 0.3) is 5.76 Å². The van der Waals surface area contributed by atoms with Gasteiger partial charge < -0.3 is 20.1 Å². The number of phenolic OH excluding ortho intramolecular Hbond substituents is 2. The van der Waals surface area contributed by atoms with Crippen molar-refractivity contribution in [2.75, 3.05) is 12.0 Å². The largest absolute Gasteiger partial charge is 0.508 e. The van der Waals surface area contributed by atoms with Gasteiger partial charge in [0.1, 0.15) is 23.0 Å². The highest BCUT2D eigenvalue weighted by molar-refractivity contribution is 6.52. The number of carbonyl (C=O) groups is 2. The molecule has 3 aromatic carbocycles. The Balaban J connectivity index is 2.01. The topological polar surface area (TPSA) is 107 Å². The van der Waals surface area contributed by atoms with E-state index in [-0.39, 0.29) is 39.5 Å². The highest BCUT2D eigenvalue weighted by atomic mass is 16.5. The molecule has 0 bridgehead atoms. The van der Waals surface area contributed by atoms with Crippen molar-refractivity contribution in [1.82, 2.24) is 0 Å². The van der Waals surface area contributed by atoms with Gasteiger partial charge in [-0.25, -0.2) is 0 Å². The predicted molar refractivity (Wildman–Crippen MR) is 133 cm³/mol. The van der Waals surface area contributed by atoms with Crippen molar-refractivity contribution >= 4 is 23.1 Å². The number of phenols is 2. The van der Waals surface area contributed by atoms with Gasteiger partial charge >= 0.3 is 0 Å². The number of benzene rings is 3. The second-order valence-electron chi connectivity index (χ2n) is 9.41. The maximum absolute atomic E-state index is 13.4. The summed E-state index contributed by atoms with van der Waals surface area (Å²) in [6, 6.07) is 16.5. The lowest BCUT2D eigenvalue weighted by atomic mass is 9.85. The predicted octanol–water partition coefficient (Wildman–Crippen LogP) is 5.03. The first-order valence-electron chi connectivity index (χ1n) is 11.1. The van der Waals surface area contributed by atoms with Crippen LogP contribution in [-0.2, 0) is 15.0 Å². The third-order valence-corrected chi connectivity index (χ3v) is 6.12. The van der Waals surface area contributed by atoms with E-state index in [2.05, 4.69) is 0 Å². The highest BCUT2D eigenvalue weighted by Gasteiger charge is 2.48. The number of anilines is 1. The second-order valence-corrected chi connectivity index (χ2v) is 9.41. The summed E-state index contributed by atoms with van der Waals surface area (Å²) >= 11 is 0. The van der Waals surface area contributed by atoms with Gasteiger partial charge in [-0.2, -0.15) is 0 Å². The van der Waals surface area contributed by atoms with E-state index in [0.29, 0.717) is 11.3 Å². The standard InChI is InChI=1S/C28H27NO6/c1-28(2,3)17-11-14-22(35-4)19(15-17)25(32)23-24(16-9-12-18(30)13-10-16)29(27(34)26(23)33)20-7-5-6-8-21(20)31/h5-15,24,30-32H,1-4H3/b25-23+. The molecule has 3 N–H and O–H groups in total. The number of rotatable bonds is 4. The van der Waals surface area contributed by atoms with Crippen LogP contribution in [0.2, 0.25) is 0 Å². The lowest BCUT2D eigenvalue weighted by Gasteiger charge is -2.26. The Labute approximate surface area is 203 Å². The smallest absolute Gasteiger partial charge is 0.300 e. The van der Waals surface area contributed by atoms with Crippen molar-refractivity contribution in [1.29, 1.82) is 0 Å². The Morgan fingerprint density at radius 1 is 0.943 bits per heavy atom. The van der Waals surface area contributed by atoms with Crippen LogP contribution in [0.5, 0.6) is 17.2 Å². The van der Waals surface area contributed by atoms with E-state index < -0.39 is 17.7 Å². The number of aliphatic hydroxyl groups excluding tert-OH is 1. The zero-order chi connectivity index (χ0) is 25.5. The molecule has 1 amide bonds. The summed E-state index contributed by atoms with van der Waals surface area (Å²) in [6.45, 7) is 6.06. The van der Waals surface area contributed by atoms with Gasteiger partial charge in [-0.1, -0.05) is 51.1 Å². The minimum absolute atomic E-state index is 0.00723. The fraction of sp³-hybridized carbons (Fsp3) is 0.214. The van der Waals surface area contributed by atoms with Crippen molar-refractivity contribution in [3.8, 4) is 17.2 Å². The van der Waals surface area contributed by atoms with E-state index in [1.165, 1.54) is 31.4 Å². The Hall–Kier alpha value is -4.26. The van der Waals surface area contributed by atoms with E-state index in [9.17, 15) is 24.9 Å². The molecule has 1 heterocycles. The summed E-state index contributed by atoms with van der Waals surface area (Å²) in [7, 11) is 1.46. The first-order chi connectivity index (χ1) is 16.5. The van der Waals surface area contributed by atoms with Crippen LogP contribution in [0.4, 0.5) is 5.69 Å². The molecule has 0 aromatic heterocycles. The number of aliphatic hydroxyl groups is 1. The van der Waals surface area contributed by atoms with Crippen LogP contribution < -0.4 is 9.64 Å². The lowest BCUT2D eigenvalue weighted by Crippen LogP contribution is -2.29. The number of hydrogen-bond donors (Lipinski definition) is 3. The van der Waals surface area contributed by atoms with Gasteiger partial charge in [0.2, 0.25) is 0 Å². The molecule has 1 aliphatic heterocycles.